The molecule has 0 atom stereocenters. The lowest BCUT2D eigenvalue weighted by atomic mass is 9.92. The van der Waals surface area contributed by atoms with Crippen molar-refractivity contribution in [2.75, 3.05) is 0 Å². The number of hydrogen-bond acceptors (Lipinski definition) is 4. The summed E-state index contributed by atoms with van der Waals surface area (Å²) >= 11 is 0. The molecule has 0 bridgehead atoms. The summed E-state index contributed by atoms with van der Waals surface area (Å²) in [6.45, 7) is 0. The highest BCUT2D eigenvalue weighted by molar-refractivity contribution is 5.85. The van der Waals surface area contributed by atoms with Gasteiger partial charge in [-0.15, -0.1) is 0 Å². The van der Waals surface area contributed by atoms with Crippen molar-refractivity contribution < 1.29 is 0 Å². The van der Waals surface area contributed by atoms with Gasteiger partial charge in [0.1, 0.15) is 0 Å². The zero-order valence-corrected chi connectivity index (χ0v) is 22.8. The predicted octanol–water partition coefficient (Wildman–Crippen LogP) is 9.27. The highest BCUT2D eigenvalue weighted by atomic mass is 14.8. The van der Waals surface area contributed by atoms with E-state index in [1.54, 1.807) is 12.4 Å². The van der Waals surface area contributed by atoms with Gasteiger partial charge < -0.3 is 0 Å². The van der Waals surface area contributed by atoms with Crippen molar-refractivity contribution in [3.63, 3.8) is 0 Å². The van der Waals surface area contributed by atoms with Gasteiger partial charge in [-0.2, -0.15) is 0 Å². The van der Waals surface area contributed by atoms with Crippen LogP contribution in [0.4, 0.5) is 0 Å². The van der Waals surface area contributed by atoms with Crippen LogP contribution < -0.4 is 0 Å². The number of pyridine rings is 4. The maximum absolute atomic E-state index is 4.64. The van der Waals surface area contributed by atoms with Gasteiger partial charge in [-0.05, 0) is 69.8 Å². The SMILES string of the molecule is c1ccc(-c2ccc(-c3ccc(-c4ccccc4-c4ccc(-c5ccc(-c6ccccn6)nc5)cc4)cc3)cn2)nc1. The molecule has 198 valence electrons. The van der Waals surface area contributed by atoms with E-state index in [2.05, 4.69) is 105 Å². The van der Waals surface area contributed by atoms with Crippen molar-refractivity contribution in [3.05, 3.63) is 158 Å². The third-order valence-electron chi connectivity index (χ3n) is 7.37. The molecule has 0 aliphatic carbocycles. The fraction of sp³-hybridized carbons (Fsp3) is 0. The Morgan fingerprint density at radius 2 is 0.619 bits per heavy atom. The molecule has 42 heavy (non-hydrogen) atoms. The van der Waals surface area contributed by atoms with E-state index in [4.69, 9.17) is 0 Å². The molecule has 0 aliphatic heterocycles. The van der Waals surface area contributed by atoms with Crippen molar-refractivity contribution in [1.29, 1.82) is 0 Å². The first kappa shape index (κ1) is 25.2. The van der Waals surface area contributed by atoms with E-state index in [0.29, 0.717) is 0 Å². The zero-order valence-electron chi connectivity index (χ0n) is 22.8. The van der Waals surface area contributed by atoms with Crippen LogP contribution in [0.1, 0.15) is 0 Å². The lowest BCUT2D eigenvalue weighted by Gasteiger charge is -2.12. The summed E-state index contributed by atoms with van der Waals surface area (Å²) in [6, 6.07) is 45.9. The number of rotatable bonds is 6. The average Bonchev–Trinajstić information content (AvgIpc) is 3.09. The molecule has 0 aliphatic rings. The van der Waals surface area contributed by atoms with E-state index in [-0.39, 0.29) is 0 Å². The largest absolute Gasteiger partial charge is 0.255 e. The van der Waals surface area contributed by atoms with Crippen LogP contribution in [-0.4, -0.2) is 19.9 Å². The standard InChI is InChI=1S/C38H26N4/c1-2-8-34(30-17-13-28(14-18-30)32-20-22-38(42-26-32)36-10-4-6-24-40-36)33(7-1)29-15-11-27(12-16-29)31-19-21-37(41-25-31)35-9-3-5-23-39-35/h1-26H. The maximum atomic E-state index is 4.64. The molecule has 4 heterocycles. The van der Waals surface area contributed by atoms with E-state index in [9.17, 15) is 0 Å². The van der Waals surface area contributed by atoms with E-state index in [0.717, 1.165) is 45.0 Å². The third-order valence-corrected chi connectivity index (χ3v) is 7.37. The first-order valence-corrected chi connectivity index (χ1v) is 13.9. The fourth-order valence-corrected chi connectivity index (χ4v) is 5.13. The van der Waals surface area contributed by atoms with Crippen LogP contribution in [0.3, 0.4) is 0 Å². The molecule has 0 amide bonds. The molecule has 4 nitrogen and oxygen atoms in total. The number of aromatic nitrogens is 4. The van der Waals surface area contributed by atoms with Crippen molar-refractivity contribution in [2.24, 2.45) is 0 Å². The van der Waals surface area contributed by atoms with Crippen LogP contribution in [-0.2, 0) is 0 Å². The molecule has 3 aromatic carbocycles. The Balaban J connectivity index is 1.11. The van der Waals surface area contributed by atoms with Crippen LogP contribution in [0.5, 0.6) is 0 Å². The first-order valence-electron chi connectivity index (χ1n) is 13.9. The molecule has 7 aromatic rings. The average molecular weight is 539 g/mol. The Labute approximate surface area is 245 Å². The van der Waals surface area contributed by atoms with Gasteiger partial charge in [0.2, 0.25) is 0 Å². The van der Waals surface area contributed by atoms with Gasteiger partial charge in [0.05, 0.1) is 22.8 Å². The number of nitrogens with zero attached hydrogens (tertiary/aromatic N) is 4. The molecule has 4 aromatic heterocycles. The van der Waals surface area contributed by atoms with Gasteiger partial charge in [-0.25, -0.2) is 0 Å². The third kappa shape index (κ3) is 5.21. The second kappa shape index (κ2) is 11.4. The van der Waals surface area contributed by atoms with Gasteiger partial charge in [0.15, 0.2) is 0 Å². The summed E-state index contributed by atoms with van der Waals surface area (Å²) in [4.78, 5) is 18.1. The monoisotopic (exact) mass is 538 g/mol. The summed E-state index contributed by atoms with van der Waals surface area (Å²) in [5, 5.41) is 0. The molecular weight excluding hydrogens is 512 g/mol. The smallest absolute Gasteiger partial charge is 0.0886 e. The second-order valence-corrected chi connectivity index (χ2v) is 9.99. The molecule has 7 rings (SSSR count). The summed E-state index contributed by atoms with van der Waals surface area (Å²) in [5.74, 6) is 0. The fourth-order valence-electron chi connectivity index (χ4n) is 5.13. The Hall–Kier alpha value is -5.74. The van der Waals surface area contributed by atoms with Gasteiger partial charge >= 0.3 is 0 Å². The normalized spacial score (nSPS) is 10.9. The van der Waals surface area contributed by atoms with Crippen molar-refractivity contribution in [3.8, 4) is 67.3 Å². The minimum atomic E-state index is 0.869. The summed E-state index contributed by atoms with van der Waals surface area (Å²) in [7, 11) is 0. The Morgan fingerprint density at radius 1 is 0.262 bits per heavy atom. The highest BCUT2D eigenvalue weighted by Gasteiger charge is 2.09. The Kier molecular flexibility index (Phi) is 6.85. The minimum absolute atomic E-state index is 0.869. The summed E-state index contributed by atoms with van der Waals surface area (Å²) in [6.07, 6.45) is 7.40. The second-order valence-electron chi connectivity index (χ2n) is 9.99. The quantitative estimate of drug-likeness (QED) is 0.212. The first-order chi connectivity index (χ1) is 20.8. The maximum Gasteiger partial charge on any atom is 0.0886 e. The van der Waals surface area contributed by atoms with Gasteiger partial charge in [0, 0.05) is 35.9 Å². The number of hydrogen-bond donors (Lipinski definition) is 0. The predicted molar refractivity (Wildman–Crippen MR) is 170 cm³/mol. The van der Waals surface area contributed by atoms with Crippen molar-refractivity contribution >= 4 is 0 Å². The van der Waals surface area contributed by atoms with E-state index in [1.165, 1.54) is 22.3 Å². The molecular formula is C38H26N4. The molecule has 0 radical (unpaired) electrons. The zero-order chi connectivity index (χ0) is 28.1. The van der Waals surface area contributed by atoms with E-state index < -0.39 is 0 Å². The van der Waals surface area contributed by atoms with Crippen LogP contribution >= 0.6 is 0 Å². The lowest BCUT2D eigenvalue weighted by molar-refractivity contribution is 1.25. The topological polar surface area (TPSA) is 51.6 Å². The molecule has 0 fully saturated rings. The highest BCUT2D eigenvalue weighted by Crippen LogP contribution is 2.34. The molecule has 4 heteroatoms. The summed E-state index contributed by atoms with van der Waals surface area (Å²) < 4.78 is 0. The van der Waals surface area contributed by atoms with Crippen LogP contribution in [0.2, 0.25) is 0 Å². The van der Waals surface area contributed by atoms with Gasteiger partial charge in [0.25, 0.3) is 0 Å². The van der Waals surface area contributed by atoms with Gasteiger partial charge in [-0.1, -0.05) is 97.1 Å². The minimum Gasteiger partial charge on any atom is -0.255 e. The molecule has 0 spiro atoms. The van der Waals surface area contributed by atoms with Crippen LogP contribution in [0, 0.1) is 0 Å². The number of benzene rings is 3. The van der Waals surface area contributed by atoms with Gasteiger partial charge in [-0.3, -0.25) is 19.9 Å². The van der Waals surface area contributed by atoms with E-state index >= 15 is 0 Å². The van der Waals surface area contributed by atoms with E-state index in [1.807, 2.05) is 60.9 Å². The molecule has 0 N–H and O–H groups in total. The summed E-state index contributed by atoms with van der Waals surface area (Å²) in [5.41, 5.74) is 12.6. The molecule has 0 unspecified atom stereocenters. The molecule has 0 saturated carbocycles. The lowest BCUT2D eigenvalue weighted by Crippen LogP contribution is -1.89. The molecule has 0 saturated heterocycles. The Bertz CT molecular complexity index is 1770. The van der Waals surface area contributed by atoms with Crippen molar-refractivity contribution in [1.82, 2.24) is 19.9 Å². The Morgan fingerprint density at radius 3 is 0.976 bits per heavy atom. The van der Waals surface area contributed by atoms with Crippen molar-refractivity contribution in [2.45, 2.75) is 0 Å². The van der Waals surface area contributed by atoms with Crippen LogP contribution in [0.15, 0.2) is 158 Å². The van der Waals surface area contributed by atoms with Crippen LogP contribution in [0.25, 0.3) is 67.3 Å².